The van der Waals surface area contributed by atoms with Crippen LogP contribution in [0.3, 0.4) is 0 Å². The molecule has 0 N–H and O–H groups in total. The minimum atomic E-state index is 1.23. The number of hydrogen-bond acceptors (Lipinski definition) is 0. The van der Waals surface area contributed by atoms with Crippen LogP contribution >= 0.6 is 0 Å². The van der Waals surface area contributed by atoms with Crippen LogP contribution in [0.5, 0.6) is 0 Å². The Morgan fingerprint density at radius 2 is 1.73 bits per heavy atom. The van der Waals surface area contributed by atoms with E-state index in [1.54, 1.807) is 0 Å². The molecule has 0 fully saturated rings. The highest BCUT2D eigenvalue weighted by Gasteiger charge is 1.89. The van der Waals surface area contributed by atoms with Crippen molar-refractivity contribution in [3.63, 3.8) is 0 Å². The van der Waals surface area contributed by atoms with Crippen molar-refractivity contribution in [3.8, 4) is 0 Å². The van der Waals surface area contributed by atoms with Crippen molar-refractivity contribution in [1.82, 2.24) is 0 Å². The highest BCUT2D eigenvalue weighted by Crippen LogP contribution is 2.12. The average molecular weight is 140 g/mol. The van der Waals surface area contributed by atoms with Gasteiger partial charge < -0.3 is 0 Å². The maximum Gasteiger partial charge on any atom is -0.00364 e. The lowest BCUT2D eigenvalue weighted by molar-refractivity contribution is 1.51. The van der Waals surface area contributed by atoms with Crippen molar-refractivity contribution >= 4 is 10.8 Å². The van der Waals surface area contributed by atoms with E-state index < -0.39 is 0 Å². The fourth-order valence-electron chi connectivity index (χ4n) is 1.19. The molecule has 0 bridgehead atoms. The van der Waals surface area contributed by atoms with Gasteiger partial charge in [-0.15, -0.1) is 0 Å². The van der Waals surface area contributed by atoms with E-state index >= 15 is 0 Å². The first-order valence-corrected chi connectivity index (χ1v) is 3.64. The van der Waals surface area contributed by atoms with Gasteiger partial charge in [0.25, 0.3) is 0 Å². The maximum absolute atomic E-state index is 2.94. The summed E-state index contributed by atoms with van der Waals surface area (Å²) in [5, 5.41) is 2.47. The van der Waals surface area contributed by atoms with Crippen LogP contribution in [0.15, 0.2) is 30.3 Å². The molecule has 0 atom stereocenters. The lowest BCUT2D eigenvalue weighted by atomic mass is 10.1. The lowest BCUT2D eigenvalue weighted by Crippen LogP contribution is -1.72. The summed E-state index contributed by atoms with van der Waals surface area (Å²) in [4.78, 5) is 0. The zero-order chi connectivity index (χ0) is 7.68. The van der Waals surface area contributed by atoms with Crippen LogP contribution in [0.2, 0.25) is 0 Å². The van der Waals surface area contributed by atoms with Crippen molar-refractivity contribution in [3.05, 3.63) is 48.0 Å². The summed E-state index contributed by atoms with van der Waals surface area (Å²) < 4.78 is 0. The van der Waals surface area contributed by atoms with Crippen molar-refractivity contribution < 1.29 is 0 Å². The molecule has 0 saturated heterocycles. The van der Waals surface area contributed by atoms with E-state index in [0.717, 1.165) is 0 Å². The Bertz CT molecular complexity index is 374. The van der Waals surface area contributed by atoms with Crippen molar-refractivity contribution in [2.75, 3.05) is 0 Å². The summed E-state index contributed by atoms with van der Waals surface area (Å²) in [7, 11) is 0. The number of hydrogen-bond donors (Lipinski definition) is 0. The molecule has 0 aliphatic rings. The predicted molar refractivity (Wildman–Crippen MR) is 46.4 cm³/mol. The quantitative estimate of drug-likeness (QED) is 0.527. The van der Waals surface area contributed by atoms with Gasteiger partial charge in [0.2, 0.25) is 0 Å². The van der Waals surface area contributed by atoms with Gasteiger partial charge in [-0.25, -0.2) is 0 Å². The van der Waals surface area contributed by atoms with Gasteiger partial charge >= 0.3 is 0 Å². The van der Waals surface area contributed by atoms with Gasteiger partial charge in [0.15, 0.2) is 0 Å². The predicted octanol–water partition coefficient (Wildman–Crippen LogP) is 2.75. The summed E-state index contributed by atoms with van der Waals surface area (Å²) >= 11 is 0. The van der Waals surface area contributed by atoms with E-state index in [9.17, 15) is 0 Å². The van der Waals surface area contributed by atoms with Crippen LogP contribution in [-0.2, 0) is 0 Å². The molecule has 0 spiro atoms. The highest BCUT2D eigenvalue weighted by atomic mass is 13.9. The number of fused-ring (bicyclic) bond motifs is 1. The fourth-order valence-corrected chi connectivity index (χ4v) is 1.19. The smallest absolute Gasteiger partial charge is 0.00364 e. The SMILES string of the molecule is Cc1ccc2cc#ccc2c1. The summed E-state index contributed by atoms with van der Waals surface area (Å²) in [6.45, 7) is 2.09. The zero-order valence-electron chi connectivity index (χ0n) is 6.39. The molecule has 2 rings (SSSR count). The molecule has 0 saturated carbocycles. The molecule has 0 radical (unpaired) electrons. The molecule has 11 heavy (non-hydrogen) atoms. The molecule has 0 aromatic heterocycles. The first kappa shape index (κ1) is 6.24. The zero-order valence-corrected chi connectivity index (χ0v) is 6.39. The van der Waals surface area contributed by atoms with Gasteiger partial charge in [0.1, 0.15) is 0 Å². The van der Waals surface area contributed by atoms with Crippen LogP contribution < -0.4 is 0 Å². The Balaban J connectivity index is 2.83. The number of benzene rings is 1. The second kappa shape index (κ2) is 2.29. The topological polar surface area (TPSA) is 0 Å². The lowest BCUT2D eigenvalue weighted by Gasteiger charge is -1.94. The Kier molecular flexibility index (Phi) is 1.30. The Hall–Kier alpha value is -1.48. The molecule has 0 heterocycles. The molecule has 0 aliphatic carbocycles. The maximum atomic E-state index is 2.94. The van der Waals surface area contributed by atoms with Gasteiger partial charge in [-0.3, -0.25) is 0 Å². The van der Waals surface area contributed by atoms with Gasteiger partial charge in [-0.1, -0.05) is 35.9 Å². The third-order valence-electron chi connectivity index (χ3n) is 1.78. The molecule has 0 heteroatoms. The third-order valence-corrected chi connectivity index (χ3v) is 1.78. The molecule has 0 amide bonds. The van der Waals surface area contributed by atoms with Crippen molar-refractivity contribution in [2.45, 2.75) is 6.92 Å². The Morgan fingerprint density at radius 1 is 1.00 bits per heavy atom. The summed E-state index contributed by atoms with van der Waals surface area (Å²) in [6, 6.07) is 16.1. The minimum absolute atomic E-state index is 1.23. The van der Waals surface area contributed by atoms with Crippen LogP contribution in [0, 0.1) is 19.1 Å². The second-order valence-electron chi connectivity index (χ2n) is 2.71. The average Bonchev–Trinajstić information content (AvgIpc) is 2.04. The molecule has 0 unspecified atom stereocenters. The van der Waals surface area contributed by atoms with Crippen LogP contribution in [-0.4, -0.2) is 0 Å². The number of rotatable bonds is 0. The normalized spacial score (nSPS) is 9.55. The summed E-state index contributed by atoms with van der Waals surface area (Å²) in [5.74, 6) is 0. The molecule has 0 nitrogen and oxygen atoms in total. The fraction of sp³-hybridized carbons (Fsp3) is 0.0909. The monoisotopic (exact) mass is 140 g/mol. The van der Waals surface area contributed by atoms with E-state index in [4.69, 9.17) is 0 Å². The molecular formula is C11H8. The van der Waals surface area contributed by atoms with E-state index in [0.29, 0.717) is 0 Å². The standard InChI is InChI=1S/C11H8/c1-9-6-7-10-4-2-3-5-11(10)8-9/h4-8H,1H3. The van der Waals surface area contributed by atoms with E-state index in [1.807, 2.05) is 12.1 Å². The van der Waals surface area contributed by atoms with Gasteiger partial charge in [0, 0.05) is 0 Å². The summed E-state index contributed by atoms with van der Waals surface area (Å²) in [6.07, 6.45) is 0. The first-order chi connectivity index (χ1) is 5.36. The Morgan fingerprint density at radius 3 is 2.55 bits per heavy atom. The molecule has 2 aromatic carbocycles. The van der Waals surface area contributed by atoms with Gasteiger partial charge in [-0.2, -0.15) is 0 Å². The van der Waals surface area contributed by atoms with Crippen LogP contribution in [0.4, 0.5) is 0 Å². The van der Waals surface area contributed by atoms with Gasteiger partial charge in [-0.05, 0) is 29.8 Å². The third kappa shape index (κ3) is 1.06. The van der Waals surface area contributed by atoms with E-state index in [2.05, 4.69) is 37.3 Å². The van der Waals surface area contributed by atoms with E-state index in [1.165, 1.54) is 16.3 Å². The molecule has 52 valence electrons. The Labute approximate surface area is 66.5 Å². The van der Waals surface area contributed by atoms with Crippen LogP contribution in [0.1, 0.15) is 5.56 Å². The molecule has 0 aliphatic heterocycles. The molecule has 2 aromatic rings. The highest BCUT2D eigenvalue weighted by molar-refractivity contribution is 5.82. The van der Waals surface area contributed by atoms with Crippen LogP contribution in [0.25, 0.3) is 10.8 Å². The first-order valence-electron chi connectivity index (χ1n) is 3.64. The van der Waals surface area contributed by atoms with E-state index in [-0.39, 0.29) is 0 Å². The second-order valence-corrected chi connectivity index (χ2v) is 2.71. The van der Waals surface area contributed by atoms with Crippen molar-refractivity contribution in [1.29, 1.82) is 0 Å². The van der Waals surface area contributed by atoms with Crippen molar-refractivity contribution in [2.24, 2.45) is 0 Å². The van der Waals surface area contributed by atoms with Gasteiger partial charge in [0.05, 0.1) is 0 Å². The minimum Gasteiger partial charge on any atom is -0.0696 e. The number of aryl methyl sites for hydroxylation is 1. The molecular weight excluding hydrogens is 132 g/mol. The summed E-state index contributed by atoms with van der Waals surface area (Å²) in [5.41, 5.74) is 1.29. The largest absolute Gasteiger partial charge is 0.0696 e.